The predicted molar refractivity (Wildman–Crippen MR) is 64.0 cm³/mol. The van der Waals surface area contributed by atoms with E-state index in [9.17, 15) is 5.11 Å². The highest BCUT2D eigenvalue weighted by atomic mass is 16.3. The summed E-state index contributed by atoms with van der Waals surface area (Å²) in [6.45, 7) is 2.47. The van der Waals surface area contributed by atoms with Crippen molar-refractivity contribution in [3.8, 4) is 0 Å². The fraction of sp³-hybridized carbons (Fsp3) is 0.583. The molecule has 1 fully saturated rings. The predicted octanol–water partition coefficient (Wildman–Crippen LogP) is 0.709. The lowest BCUT2D eigenvalue weighted by atomic mass is 9.97. The number of nitrogens with two attached hydrogens (primary N) is 1. The van der Waals surface area contributed by atoms with E-state index in [2.05, 4.69) is 10.3 Å². The Morgan fingerprint density at radius 1 is 1.62 bits per heavy atom. The van der Waals surface area contributed by atoms with Crippen molar-refractivity contribution in [2.75, 3.05) is 12.3 Å². The van der Waals surface area contributed by atoms with Gasteiger partial charge in [-0.3, -0.25) is 0 Å². The number of nitrogen functional groups attached to an aromatic ring is 1. The summed E-state index contributed by atoms with van der Waals surface area (Å²) >= 11 is 0. The number of nitrogens with zero attached hydrogens (tertiary/aromatic N) is 1. The first-order valence-corrected chi connectivity index (χ1v) is 5.71. The second-order valence-corrected chi connectivity index (χ2v) is 4.92. The minimum Gasteiger partial charge on any atom is -0.389 e. The molecule has 4 N–H and O–H groups in total. The van der Waals surface area contributed by atoms with Crippen molar-refractivity contribution in [1.82, 2.24) is 10.3 Å². The van der Waals surface area contributed by atoms with Gasteiger partial charge in [0.25, 0.3) is 0 Å². The van der Waals surface area contributed by atoms with Gasteiger partial charge >= 0.3 is 0 Å². The molecule has 0 bridgehead atoms. The highest BCUT2D eigenvalue weighted by molar-refractivity contribution is 5.32. The monoisotopic (exact) mass is 221 g/mol. The topological polar surface area (TPSA) is 71.2 Å². The zero-order valence-corrected chi connectivity index (χ0v) is 9.61. The maximum absolute atomic E-state index is 10.2. The van der Waals surface area contributed by atoms with Crippen molar-refractivity contribution in [2.45, 2.75) is 37.8 Å². The molecule has 4 nitrogen and oxygen atoms in total. The van der Waals surface area contributed by atoms with Crippen molar-refractivity contribution < 1.29 is 5.11 Å². The molecule has 1 aliphatic rings. The summed E-state index contributed by atoms with van der Waals surface area (Å²) in [6.07, 6.45) is 4.74. The van der Waals surface area contributed by atoms with E-state index >= 15 is 0 Å². The molecule has 1 saturated carbocycles. The van der Waals surface area contributed by atoms with Crippen molar-refractivity contribution in [3.05, 3.63) is 23.9 Å². The molecule has 1 aliphatic carbocycles. The largest absolute Gasteiger partial charge is 0.389 e. The van der Waals surface area contributed by atoms with E-state index in [4.69, 9.17) is 5.73 Å². The van der Waals surface area contributed by atoms with Crippen LogP contribution in [-0.4, -0.2) is 28.3 Å². The molecule has 2 rings (SSSR count). The van der Waals surface area contributed by atoms with Crippen LogP contribution in [0.1, 0.15) is 25.3 Å². The normalized spacial score (nSPS) is 19.4. The summed E-state index contributed by atoms with van der Waals surface area (Å²) in [4.78, 5) is 3.93. The van der Waals surface area contributed by atoms with E-state index < -0.39 is 5.60 Å². The summed E-state index contributed by atoms with van der Waals surface area (Å²) in [7, 11) is 0. The average molecular weight is 221 g/mol. The molecule has 0 saturated heterocycles. The van der Waals surface area contributed by atoms with Crippen molar-refractivity contribution in [1.29, 1.82) is 0 Å². The van der Waals surface area contributed by atoms with Gasteiger partial charge in [0.2, 0.25) is 0 Å². The van der Waals surface area contributed by atoms with Gasteiger partial charge in [-0.25, -0.2) is 4.98 Å². The summed E-state index contributed by atoms with van der Waals surface area (Å²) in [5, 5.41) is 13.5. The second-order valence-electron chi connectivity index (χ2n) is 4.92. The van der Waals surface area contributed by atoms with Crippen molar-refractivity contribution in [3.63, 3.8) is 0 Å². The molecule has 1 unspecified atom stereocenters. The van der Waals surface area contributed by atoms with Crippen LogP contribution in [0, 0.1) is 0 Å². The molecule has 1 atom stereocenters. The third-order valence-corrected chi connectivity index (χ3v) is 2.78. The Balaban J connectivity index is 1.90. The zero-order chi connectivity index (χ0) is 11.6. The van der Waals surface area contributed by atoms with E-state index in [1.807, 2.05) is 19.1 Å². The van der Waals surface area contributed by atoms with Gasteiger partial charge in [0, 0.05) is 25.2 Å². The van der Waals surface area contributed by atoms with Gasteiger partial charge in [-0.05, 0) is 37.5 Å². The summed E-state index contributed by atoms with van der Waals surface area (Å²) in [5.41, 5.74) is 5.90. The van der Waals surface area contributed by atoms with E-state index in [0.29, 0.717) is 24.8 Å². The Bertz CT molecular complexity index is 361. The number of pyridine rings is 1. The fourth-order valence-electron chi connectivity index (χ4n) is 1.76. The molecular weight excluding hydrogens is 202 g/mol. The molecule has 4 heteroatoms. The van der Waals surface area contributed by atoms with Crippen LogP contribution in [0.25, 0.3) is 0 Å². The fourth-order valence-corrected chi connectivity index (χ4v) is 1.76. The molecule has 1 heterocycles. The highest BCUT2D eigenvalue weighted by Gasteiger charge is 2.26. The maximum Gasteiger partial charge on any atom is 0.123 e. The van der Waals surface area contributed by atoms with Crippen LogP contribution >= 0.6 is 0 Å². The van der Waals surface area contributed by atoms with Crippen molar-refractivity contribution in [2.24, 2.45) is 0 Å². The minimum absolute atomic E-state index is 0.503. The van der Waals surface area contributed by atoms with Crippen LogP contribution in [-0.2, 0) is 6.42 Å². The lowest BCUT2D eigenvalue weighted by Crippen LogP contribution is -2.40. The van der Waals surface area contributed by atoms with Gasteiger partial charge in [-0.1, -0.05) is 0 Å². The smallest absolute Gasteiger partial charge is 0.123 e. The van der Waals surface area contributed by atoms with Crippen LogP contribution in [0.3, 0.4) is 0 Å². The average Bonchev–Trinajstić information content (AvgIpc) is 2.97. The van der Waals surface area contributed by atoms with Crippen molar-refractivity contribution >= 4 is 5.82 Å². The maximum atomic E-state index is 10.2. The van der Waals surface area contributed by atoms with Gasteiger partial charge in [0.1, 0.15) is 5.82 Å². The number of aromatic nitrogens is 1. The Hall–Kier alpha value is -1.13. The SMILES string of the molecule is CC(O)(CNC1CC1)Cc1ccnc(N)c1. The second kappa shape index (κ2) is 4.39. The number of aliphatic hydroxyl groups is 1. The Labute approximate surface area is 95.9 Å². The van der Waals surface area contributed by atoms with E-state index in [1.165, 1.54) is 12.8 Å². The molecule has 0 radical (unpaired) electrons. The van der Waals surface area contributed by atoms with Crippen LogP contribution in [0.2, 0.25) is 0 Å². The molecule has 88 valence electrons. The summed E-state index contributed by atoms with van der Waals surface area (Å²) in [5.74, 6) is 0.503. The third-order valence-electron chi connectivity index (χ3n) is 2.78. The zero-order valence-electron chi connectivity index (χ0n) is 9.61. The molecule has 1 aromatic rings. The number of hydrogen-bond acceptors (Lipinski definition) is 4. The minimum atomic E-state index is -0.726. The van der Waals surface area contributed by atoms with Crippen LogP contribution in [0.15, 0.2) is 18.3 Å². The first-order chi connectivity index (χ1) is 7.55. The number of rotatable bonds is 5. The molecule has 0 amide bonds. The number of anilines is 1. The molecular formula is C12H19N3O. The Kier molecular flexibility index (Phi) is 3.12. The summed E-state index contributed by atoms with van der Waals surface area (Å²) in [6, 6.07) is 4.32. The molecule has 1 aromatic heterocycles. The van der Waals surface area contributed by atoms with Crippen LogP contribution < -0.4 is 11.1 Å². The number of nitrogens with one attached hydrogen (secondary N) is 1. The van der Waals surface area contributed by atoms with E-state index in [0.717, 1.165) is 5.56 Å². The molecule has 0 spiro atoms. The Morgan fingerprint density at radius 2 is 2.38 bits per heavy atom. The van der Waals surface area contributed by atoms with Gasteiger partial charge < -0.3 is 16.2 Å². The summed E-state index contributed by atoms with van der Waals surface area (Å²) < 4.78 is 0. The lowest BCUT2D eigenvalue weighted by Gasteiger charge is -2.24. The third kappa shape index (κ3) is 3.47. The molecule has 0 aliphatic heterocycles. The number of hydrogen-bond donors (Lipinski definition) is 3. The van der Waals surface area contributed by atoms with E-state index in [-0.39, 0.29) is 0 Å². The standard InChI is InChI=1S/C12H19N3O/c1-12(16,8-15-10-2-3-10)7-9-4-5-14-11(13)6-9/h4-6,10,15-16H,2-3,7-8H2,1H3,(H2,13,14). The van der Waals surface area contributed by atoms with Crippen LogP contribution in [0.4, 0.5) is 5.82 Å². The van der Waals surface area contributed by atoms with Gasteiger partial charge in [-0.2, -0.15) is 0 Å². The van der Waals surface area contributed by atoms with Crippen LogP contribution in [0.5, 0.6) is 0 Å². The van der Waals surface area contributed by atoms with E-state index in [1.54, 1.807) is 6.20 Å². The quantitative estimate of drug-likeness (QED) is 0.685. The van der Waals surface area contributed by atoms with Gasteiger partial charge in [-0.15, -0.1) is 0 Å². The molecule has 0 aromatic carbocycles. The highest BCUT2D eigenvalue weighted by Crippen LogP contribution is 2.20. The van der Waals surface area contributed by atoms with Gasteiger partial charge in [0.15, 0.2) is 0 Å². The lowest BCUT2D eigenvalue weighted by molar-refractivity contribution is 0.0597. The first kappa shape index (κ1) is 11.4. The van der Waals surface area contributed by atoms with Gasteiger partial charge in [0.05, 0.1) is 5.60 Å². The molecule has 16 heavy (non-hydrogen) atoms. The Morgan fingerprint density at radius 3 is 3.00 bits per heavy atom. The first-order valence-electron chi connectivity index (χ1n) is 5.71.